The van der Waals surface area contributed by atoms with Crippen molar-refractivity contribution in [1.29, 1.82) is 0 Å². The van der Waals surface area contributed by atoms with E-state index < -0.39 is 11.7 Å². The summed E-state index contributed by atoms with van der Waals surface area (Å²) in [6.07, 6.45) is -4.47. The molecule has 0 spiro atoms. The Kier molecular flexibility index (Phi) is 4.69. The highest BCUT2D eigenvalue weighted by Crippen LogP contribution is 2.39. The van der Waals surface area contributed by atoms with Crippen LogP contribution in [0.15, 0.2) is 42.5 Å². The molecule has 0 saturated carbocycles. The van der Waals surface area contributed by atoms with E-state index in [4.69, 9.17) is 23.2 Å². The normalized spacial score (nSPS) is 13.0. The summed E-state index contributed by atoms with van der Waals surface area (Å²) in [6, 6.07) is 10.2. The van der Waals surface area contributed by atoms with E-state index in [0.717, 1.165) is 11.6 Å². The molecule has 6 heteroatoms. The second-order valence-corrected chi connectivity index (χ2v) is 5.42. The van der Waals surface area contributed by atoms with Crippen LogP contribution in [0.5, 0.6) is 0 Å². The van der Waals surface area contributed by atoms with E-state index in [-0.39, 0.29) is 16.8 Å². The molecule has 1 N–H and O–H groups in total. The van der Waals surface area contributed by atoms with Crippen LogP contribution in [0.25, 0.3) is 0 Å². The summed E-state index contributed by atoms with van der Waals surface area (Å²) >= 11 is 11.7. The van der Waals surface area contributed by atoms with Crippen LogP contribution in [0.2, 0.25) is 10.0 Å². The van der Waals surface area contributed by atoms with Crippen LogP contribution in [0.1, 0.15) is 24.1 Å². The lowest BCUT2D eigenvalue weighted by atomic mass is 10.1. The number of hydrogen-bond acceptors (Lipinski definition) is 1. The maximum absolute atomic E-state index is 13.0. The Morgan fingerprint density at radius 2 is 1.62 bits per heavy atom. The summed E-state index contributed by atoms with van der Waals surface area (Å²) in [5.41, 5.74) is -0.0858. The second-order valence-electron chi connectivity index (χ2n) is 4.58. The molecule has 112 valence electrons. The fourth-order valence-electron chi connectivity index (χ4n) is 1.96. The molecule has 0 fully saturated rings. The Labute approximate surface area is 130 Å². The van der Waals surface area contributed by atoms with E-state index in [0.29, 0.717) is 5.02 Å². The van der Waals surface area contributed by atoms with E-state index in [9.17, 15) is 13.2 Å². The van der Waals surface area contributed by atoms with Crippen LogP contribution in [0.3, 0.4) is 0 Å². The first-order valence-electron chi connectivity index (χ1n) is 6.16. The third-order valence-electron chi connectivity index (χ3n) is 3.05. The van der Waals surface area contributed by atoms with Gasteiger partial charge >= 0.3 is 6.18 Å². The summed E-state index contributed by atoms with van der Waals surface area (Å²) < 4.78 is 39.1. The highest BCUT2D eigenvalue weighted by atomic mass is 35.5. The minimum atomic E-state index is -4.47. The minimum absolute atomic E-state index is 0.0330. The largest absolute Gasteiger partial charge is 0.418 e. The number of nitrogens with one attached hydrogen (secondary N) is 1. The average Bonchev–Trinajstić information content (AvgIpc) is 2.40. The topological polar surface area (TPSA) is 12.0 Å². The highest BCUT2D eigenvalue weighted by Gasteiger charge is 2.34. The first-order valence-corrected chi connectivity index (χ1v) is 6.92. The molecule has 0 aliphatic rings. The van der Waals surface area contributed by atoms with Crippen molar-refractivity contribution in [3.8, 4) is 0 Å². The standard InChI is InChI=1S/C15H12Cl2F3N/c1-9(10-5-7-11(16)8-6-10)21-14-12(15(18,19)20)3-2-4-13(14)17/h2-9,21H,1H3. The Hall–Kier alpha value is -1.39. The van der Waals surface area contributed by atoms with Crippen molar-refractivity contribution in [3.63, 3.8) is 0 Å². The predicted octanol–water partition coefficient (Wildman–Crippen LogP) is 6.19. The summed E-state index contributed by atoms with van der Waals surface area (Å²) in [4.78, 5) is 0. The molecule has 0 aliphatic carbocycles. The van der Waals surface area contributed by atoms with Crippen LogP contribution in [0, 0.1) is 0 Å². The zero-order valence-electron chi connectivity index (χ0n) is 11.0. The smallest absolute Gasteiger partial charge is 0.377 e. The Balaban J connectivity index is 2.33. The SMILES string of the molecule is CC(Nc1c(Cl)cccc1C(F)(F)F)c1ccc(Cl)cc1. The lowest BCUT2D eigenvalue weighted by Crippen LogP contribution is -2.14. The molecule has 2 aromatic rings. The number of anilines is 1. The van der Waals surface area contributed by atoms with Crippen molar-refractivity contribution in [3.05, 3.63) is 63.6 Å². The lowest BCUT2D eigenvalue weighted by molar-refractivity contribution is -0.137. The van der Waals surface area contributed by atoms with Crippen molar-refractivity contribution in [2.45, 2.75) is 19.1 Å². The molecule has 0 heterocycles. The summed E-state index contributed by atoms with van der Waals surface area (Å²) in [6.45, 7) is 1.76. The van der Waals surface area contributed by atoms with E-state index in [1.54, 1.807) is 31.2 Å². The third kappa shape index (κ3) is 3.83. The summed E-state index contributed by atoms with van der Waals surface area (Å²) in [5, 5.41) is 3.43. The molecule has 0 amide bonds. The van der Waals surface area contributed by atoms with E-state index in [1.165, 1.54) is 12.1 Å². The molecule has 1 unspecified atom stereocenters. The van der Waals surface area contributed by atoms with Gasteiger partial charge in [0.2, 0.25) is 0 Å². The molecule has 0 radical (unpaired) electrons. The lowest BCUT2D eigenvalue weighted by Gasteiger charge is -2.21. The number of halogens is 5. The monoisotopic (exact) mass is 333 g/mol. The first kappa shape index (κ1) is 16.0. The molecule has 0 bridgehead atoms. The van der Waals surface area contributed by atoms with Gasteiger partial charge < -0.3 is 5.32 Å². The van der Waals surface area contributed by atoms with Gasteiger partial charge in [0, 0.05) is 11.1 Å². The van der Waals surface area contributed by atoms with Gasteiger partial charge in [-0.1, -0.05) is 41.4 Å². The van der Waals surface area contributed by atoms with Crippen LogP contribution in [0.4, 0.5) is 18.9 Å². The van der Waals surface area contributed by atoms with Crippen molar-refractivity contribution in [1.82, 2.24) is 0 Å². The molecular formula is C15H12Cl2F3N. The Morgan fingerprint density at radius 3 is 2.19 bits per heavy atom. The highest BCUT2D eigenvalue weighted by molar-refractivity contribution is 6.33. The van der Waals surface area contributed by atoms with Gasteiger partial charge in [0.05, 0.1) is 16.3 Å². The van der Waals surface area contributed by atoms with Gasteiger partial charge in [-0.05, 0) is 36.8 Å². The maximum Gasteiger partial charge on any atom is 0.418 e. The third-order valence-corrected chi connectivity index (χ3v) is 3.62. The number of benzene rings is 2. The molecule has 2 aromatic carbocycles. The second kappa shape index (κ2) is 6.16. The van der Waals surface area contributed by atoms with Crippen molar-refractivity contribution in [2.75, 3.05) is 5.32 Å². The van der Waals surface area contributed by atoms with Gasteiger partial charge in [-0.25, -0.2) is 0 Å². The fourth-order valence-corrected chi connectivity index (χ4v) is 2.31. The number of rotatable bonds is 3. The molecule has 1 nitrogen and oxygen atoms in total. The molecule has 2 rings (SSSR count). The first-order chi connectivity index (χ1) is 9.79. The van der Waals surface area contributed by atoms with Crippen molar-refractivity contribution < 1.29 is 13.2 Å². The van der Waals surface area contributed by atoms with Gasteiger partial charge in [0.25, 0.3) is 0 Å². The zero-order chi connectivity index (χ0) is 15.6. The summed E-state index contributed by atoms with van der Waals surface area (Å²) in [5.74, 6) is 0. The molecule has 0 saturated heterocycles. The summed E-state index contributed by atoms with van der Waals surface area (Å²) in [7, 11) is 0. The predicted molar refractivity (Wildman–Crippen MR) is 79.9 cm³/mol. The maximum atomic E-state index is 13.0. The van der Waals surface area contributed by atoms with E-state index in [1.807, 2.05) is 0 Å². The van der Waals surface area contributed by atoms with Gasteiger partial charge in [0.15, 0.2) is 0 Å². The van der Waals surface area contributed by atoms with Crippen LogP contribution >= 0.6 is 23.2 Å². The van der Waals surface area contributed by atoms with Crippen molar-refractivity contribution in [2.24, 2.45) is 0 Å². The molecule has 21 heavy (non-hydrogen) atoms. The Morgan fingerprint density at radius 1 is 1.00 bits per heavy atom. The number of hydrogen-bond donors (Lipinski definition) is 1. The molecular weight excluding hydrogens is 322 g/mol. The van der Waals surface area contributed by atoms with Crippen molar-refractivity contribution >= 4 is 28.9 Å². The quantitative estimate of drug-likeness (QED) is 0.706. The molecule has 0 aliphatic heterocycles. The van der Waals surface area contributed by atoms with Gasteiger partial charge in [-0.3, -0.25) is 0 Å². The van der Waals surface area contributed by atoms with Gasteiger partial charge in [-0.2, -0.15) is 13.2 Å². The molecule has 1 atom stereocenters. The molecule has 0 aromatic heterocycles. The van der Waals surface area contributed by atoms with E-state index in [2.05, 4.69) is 5.32 Å². The zero-order valence-corrected chi connectivity index (χ0v) is 12.5. The van der Waals surface area contributed by atoms with Crippen LogP contribution in [-0.2, 0) is 6.18 Å². The number of alkyl halides is 3. The average molecular weight is 334 g/mol. The van der Waals surface area contributed by atoms with E-state index >= 15 is 0 Å². The van der Waals surface area contributed by atoms with Gasteiger partial charge in [0.1, 0.15) is 0 Å². The van der Waals surface area contributed by atoms with Crippen LogP contribution < -0.4 is 5.32 Å². The Bertz CT molecular complexity index is 624. The minimum Gasteiger partial charge on any atom is -0.377 e. The van der Waals surface area contributed by atoms with Gasteiger partial charge in [-0.15, -0.1) is 0 Å². The number of para-hydroxylation sites is 1. The van der Waals surface area contributed by atoms with Crippen LogP contribution in [-0.4, -0.2) is 0 Å². The fraction of sp³-hybridized carbons (Fsp3) is 0.200.